The van der Waals surface area contributed by atoms with E-state index in [1.807, 2.05) is 57.2 Å². The molecule has 0 atom stereocenters. The number of aryl methyl sites for hydroxylation is 2. The van der Waals surface area contributed by atoms with Gasteiger partial charge in [0.1, 0.15) is 11.4 Å². The molecule has 0 aromatic heterocycles. The first-order chi connectivity index (χ1) is 11.7. The molecular formula is C23H31ClF2O. The molecule has 27 heavy (non-hydrogen) atoms. The molecule has 0 aliphatic carbocycles. The summed E-state index contributed by atoms with van der Waals surface area (Å²) in [6.07, 6.45) is 5.86. The molecule has 0 saturated heterocycles. The van der Waals surface area contributed by atoms with Crippen molar-refractivity contribution in [1.82, 2.24) is 0 Å². The second-order valence-electron chi connectivity index (χ2n) is 6.48. The van der Waals surface area contributed by atoms with Crippen molar-refractivity contribution in [2.45, 2.75) is 40.3 Å². The fourth-order valence-corrected chi connectivity index (χ4v) is 2.42. The van der Waals surface area contributed by atoms with Gasteiger partial charge in [-0.1, -0.05) is 54.6 Å². The van der Waals surface area contributed by atoms with Gasteiger partial charge in [-0.25, -0.2) is 4.39 Å². The summed E-state index contributed by atoms with van der Waals surface area (Å²) in [5.41, 5.74) is 1.84. The first-order valence-electron chi connectivity index (χ1n) is 8.42. The van der Waals surface area contributed by atoms with Crippen molar-refractivity contribution >= 4 is 24.6 Å². The summed E-state index contributed by atoms with van der Waals surface area (Å²) >= 11 is 0. The zero-order valence-electron chi connectivity index (χ0n) is 17.0. The van der Waals surface area contributed by atoms with Gasteiger partial charge in [0, 0.05) is 0 Å². The number of allylic oxidation sites excluding steroid dienone is 1. The van der Waals surface area contributed by atoms with Crippen molar-refractivity contribution < 1.29 is 13.8 Å². The number of methoxy groups -OCH3 is 1. The van der Waals surface area contributed by atoms with E-state index in [4.69, 9.17) is 4.74 Å². The van der Waals surface area contributed by atoms with E-state index >= 15 is 0 Å². The zero-order valence-corrected chi connectivity index (χ0v) is 17.8. The maximum absolute atomic E-state index is 13.3. The lowest BCUT2D eigenvalue weighted by molar-refractivity contribution is 0.221. The average Bonchev–Trinajstić information content (AvgIpc) is 2.56. The van der Waals surface area contributed by atoms with Crippen LogP contribution in [0.3, 0.4) is 0 Å². The van der Waals surface area contributed by atoms with Crippen molar-refractivity contribution in [1.29, 1.82) is 0 Å². The third kappa shape index (κ3) is 8.40. The van der Waals surface area contributed by atoms with Crippen molar-refractivity contribution in [3.8, 4) is 5.75 Å². The first kappa shape index (κ1) is 27.1. The van der Waals surface area contributed by atoms with Crippen LogP contribution in [-0.4, -0.2) is 7.11 Å². The molecule has 0 bridgehead atoms. The molecule has 0 aliphatic heterocycles. The summed E-state index contributed by atoms with van der Waals surface area (Å²) in [6, 6.07) is 11.7. The minimum atomic E-state index is -1.21. The molecule has 2 aromatic carbocycles. The molecule has 0 radical (unpaired) electrons. The van der Waals surface area contributed by atoms with Gasteiger partial charge in [-0.2, -0.15) is 0 Å². The molecule has 2 aromatic rings. The van der Waals surface area contributed by atoms with Gasteiger partial charge in [0.05, 0.1) is 7.11 Å². The summed E-state index contributed by atoms with van der Waals surface area (Å²) in [6.45, 7) is 12.9. The van der Waals surface area contributed by atoms with Gasteiger partial charge in [0.25, 0.3) is 0 Å². The molecule has 1 nitrogen and oxygen atoms in total. The summed E-state index contributed by atoms with van der Waals surface area (Å²) in [5.74, 6) is 0.920. The third-order valence-electron chi connectivity index (χ3n) is 3.95. The monoisotopic (exact) mass is 396 g/mol. The topological polar surface area (TPSA) is 9.23 Å². The molecule has 150 valence electrons. The van der Waals surface area contributed by atoms with Crippen LogP contribution < -0.4 is 15.2 Å². The Bertz CT molecular complexity index is 819. The number of halogens is 3. The molecule has 0 heterocycles. The average molecular weight is 397 g/mol. The molecule has 2 rings (SSSR count). The van der Waals surface area contributed by atoms with Gasteiger partial charge < -0.3 is 4.74 Å². The summed E-state index contributed by atoms with van der Waals surface area (Å²) in [5, 5.41) is 2.35. The number of hydrogen-bond acceptors (Lipinski definition) is 1. The first-order valence-corrected chi connectivity index (χ1v) is 8.42. The van der Waals surface area contributed by atoms with Gasteiger partial charge >= 0.3 is 0 Å². The Hall–Kier alpha value is -2.13. The second kappa shape index (κ2) is 12.3. The lowest BCUT2D eigenvalue weighted by Crippen LogP contribution is -2.24. The van der Waals surface area contributed by atoms with Crippen LogP contribution in [0.4, 0.5) is 9.09 Å². The highest BCUT2D eigenvalue weighted by Crippen LogP contribution is 2.24. The van der Waals surface area contributed by atoms with Crippen LogP contribution in [0.2, 0.25) is 0 Å². The molecule has 0 unspecified atom stereocenters. The predicted octanol–water partition coefficient (Wildman–Crippen LogP) is 5.54. The largest absolute Gasteiger partial charge is 0.496 e. The predicted molar refractivity (Wildman–Crippen MR) is 117 cm³/mol. The van der Waals surface area contributed by atoms with Gasteiger partial charge in [-0.15, -0.1) is 12.4 Å². The lowest BCUT2D eigenvalue weighted by atomic mass is 9.99. The Kier molecular flexibility index (Phi) is 12.3. The standard InChI is InChI=1S/C13H16O.C10H13F.ClH.FH/c1-5-7-12-9-13(14-4)10(3)8-11(12)6-2;1-8-4-6-9(7-5-8)10(2,3)11;;/h5-9H,1H2,2-4H3;4-7H,1-3H3;2*1H/b11-6-,12-7-;;;. The summed E-state index contributed by atoms with van der Waals surface area (Å²) in [4.78, 5) is 0. The fourth-order valence-electron chi connectivity index (χ4n) is 2.42. The molecule has 4 heteroatoms. The van der Waals surface area contributed by atoms with Crippen molar-refractivity contribution in [3.63, 3.8) is 0 Å². The smallest absolute Gasteiger partial charge is 0.130 e. The third-order valence-corrected chi connectivity index (χ3v) is 3.95. The highest BCUT2D eigenvalue weighted by atomic mass is 35.5. The Morgan fingerprint density at radius 1 is 1.04 bits per heavy atom. The van der Waals surface area contributed by atoms with E-state index in [9.17, 15) is 4.39 Å². The van der Waals surface area contributed by atoms with Crippen LogP contribution in [-0.2, 0) is 5.67 Å². The summed E-state index contributed by atoms with van der Waals surface area (Å²) < 4.78 is 18.5. The highest BCUT2D eigenvalue weighted by molar-refractivity contribution is 5.85. The molecule has 0 N–H and O–H groups in total. The number of alkyl halides is 1. The van der Waals surface area contributed by atoms with Crippen molar-refractivity contribution in [2.75, 3.05) is 7.11 Å². The van der Waals surface area contributed by atoms with Gasteiger partial charge in [-0.3, -0.25) is 4.70 Å². The molecule has 0 fully saturated rings. The Morgan fingerprint density at radius 3 is 2.00 bits per heavy atom. The normalized spacial score (nSPS) is 11.5. The van der Waals surface area contributed by atoms with Crippen LogP contribution in [0, 0.1) is 13.8 Å². The van der Waals surface area contributed by atoms with Gasteiger partial charge in [0.15, 0.2) is 0 Å². The quantitative estimate of drug-likeness (QED) is 0.661. The molecular weight excluding hydrogens is 366 g/mol. The lowest BCUT2D eigenvalue weighted by Gasteiger charge is -2.14. The van der Waals surface area contributed by atoms with Crippen LogP contribution in [0.15, 0.2) is 49.1 Å². The zero-order chi connectivity index (χ0) is 19.0. The van der Waals surface area contributed by atoms with E-state index < -0.39 is 5.67 Å². The van der Waals surface area contributed by atoms with Crippen LogP contribution in [0.1, 0.15) is 37.5 Å². The number of benzene rings is 2. The van der Waals surface area contributed by atoms with E-state index in [-0.39, 0.29) is 17.1 Å². The van der Waals surface area contributed by atoms with Gasteiger partial charge in [0.2, 0.25) is 0 Å². The van der Waals surface area contributed by atoms with E-state index in [1.54, 1.807) is 27.0 Å². The van der Waals surface area contributed by atoms with E-state index in [2.05, 4.69) is 18.7 Å². The highest BCUT2D eigenvalue weighted by Gasteiger charge is 2.17. The molecule has 0 spiro atoms. The van der Waals surface area contributed by atoms with Crippen molar-refractivity contribution in [2.24, 2.45) is 0 Å². The van der Waals surface area contributed by atoms with Crippen LogP contribution >= 0.6 is 12.4 Å². The SMILES string of the molecule is C=C/C=c1/cc(OC)c(C)c/c1=C/C.Cc1ccc(C(C)(C)F)cc1.Cl.F. The van der Waals surface area contributed by atoms with Crippen molar-refractivity contribution in [3.05, 3.63) is 76.2 Å². The Morgan fingerprint density at radius 2 is 1.59 bits per heavy atom. The number of rotatable bonds is 3. The maximum Gasteiger partial charge on any atom is 0.130 e. The van der Waals surface area contributed by atoms with Crippen LogP contribution in [0.25, 0.3) is 12.2 Å². The van der Waals surface area contributed by atoms with E-state index in [0.717, 1.165) is 27.7 Å². The van der Waals surface area contributed by atoms with Gasteiger partial charge in [-0.05, 0) is 68.3 Å². The fraction of sp³-hybridized carbons (Fsp3) is 0.304. The van der Waals surface area contributed by atoms with E-state index in [0.29, 0.717) is 0 Å². The minimum absolute atomic E-state index is 0. The second-order valence-corrected chi connectivity index (χ2v) is 6.48. The number of ether oxygens (including phenoxy) is 1. The van der Waals surface area contributed by atoms with Crippen LogP contribution in [0.5, 0.6) is 5.75 Å². The molecule has 0 aliphatic rings. The van der Waals surface area contributed by atoms with E-state index in [1.165, 1.54) is 5.22 Å². The maximum atomic E-state index is 13.3. The number of hydrogen-bond donors (Lipinski definition) is 0. The Labute approximate surface area is 168 Å². The summed E-state index contributed by atoms with van der Waals surface area (Å²) in [7, 11) is 1.69. The molecule has 0 amide bonds. The Balaban J connectivity index is 0. The molecule has 0 saturated carbocycles. The minimum Gasteiger partial charge on any atom is -0.496 e.